The molecule has 174 valence electrons. The van der Waals surface area contributed by atoms with Crippen molar-refractivity contribution in [3.63, 3.8) is 0 Å². The van der Waals surface area contributed by atoms with Crippen molar-refractivity contribution in [2.24, 2.45) is 4.99 Å². The van der Waals surface area contributed by atoms with Crippen LogP contribution >= 0.6 is 22.9 Å². The monoisotopic (exact) mass is 496 g/mol. The molecule has 0 spiro atoms. The highest BCUT2D eigenvalue weighted by atomic mass is 35.5. The van der Waals surface area contributed by atoms with Gasteiger partial charge in [0.2, 0.25) is 6.79 Å². The Kier molecular flexibility index (Phi) is 5.79. The summed E-state index contributed by atoms with van der Waals surface area (Å²) in [6.45, 7) is 5.85. The molecular weight excluding hydrogens is 476 g/mol. The number of nitrogens with zero attached hydrogens (tertiary/aromatic N) is 2. The van der Waals surface area contributed by atoms with Crippen molar-refractivity contribution >= 4 is 35.0 Å². The number of ether oxygens (including phenoxy) is 3. The number of carbonyl (C=O) groups is 1. The maximum absolute atomic E-state index is 13.7. The van der Waals surface area contributed by atoms with Gasteiger partial charge >= 0.3 is 5.97 Å². The van der Waals surface area contributed by atoms with E-state index in [-0.39, 0.29) is 19.0 Å². The highest BCUT2D eigenvalue weighted by Crippen LogP contribution is 2.35. The minimum atomic E-state index is -0.674. The van der Waals surface area contributed by atoms with Gasteiger partial charge in [0, 0.05) is 5.02 Å². The summed E-state index contributed by atoms with van der Waals surface area (Å²) in [6.07, 6.45) is 1.82. The van der Waals surface area contributed by atoms with Crippen molar-refractivity contribution in [1.82, 2.24) is 4.57 Å². The Labute approximate surface area is 204 Å². The molecule has 5 rings (SSSR count). The van der Waals surface area contributed by atoms with Gasteiger partial charge < -0.3 is 14.2 Å². The number of fused-ring (bicyclic) bond motifs is 2. The van der Waals surface area contributed by atoms with Gasteiger partial charge in [0.05, 0.1) is 28.5 Å². The van der Waals surface area contributed by atoms with E-state index >= 15 is 0 Å². The van der Waals surface area contributed by atoms with Gasteiger partial charge in [-0.1, -0.05) is 35.1 Å². The second kappa shape index (κ2) is 8.77. The van der Waals surface area contributed by atoms with Crippen LogP contribution in [0.15, 0.2) is 57.5 Å². The van der Waals surface area contributed by atoms with Gasteiger partial charge in [0.15, 0.2) is 16.3 Å². The number of rotatable bonds is 4. The van der Waals surface area contributed by atoms with Gasteiger partial charge in [0.1, 0.15) is 0 Å². The number of benzene rings is 2. The van der Waals surface area contributed by atoms with Crippen molar-refractivity contribution in [3.8, 4) is 11.5 Å². The molecule has 0 saturated carbocycles. The number of aromatic nitrogens is 1. The molecule has 2 aliphatic heterocycles. The molecule has 0 aliphatic carbocycles. The van der Waals surface area contributed by atoms with E-state index in [0.717, 1.165) is 16.7 Å². The van der Waals surface area contributed by atoms with Crippen LogP contribution in [0.1, 0.15) is 36.6 Å². The van der Waals surface area contributed by atoms with Gasteiger partial charge in [-0.3, -0.25) is 9.36 Å². The van der Waals surface area contributed by atoms with Gasteiger partial charge in [-0.05, 0) is 67.8 Å². The predicted octanol–water partition coefficient (Wildman–Crippen LogP) is 3.49. The minimum absolute atomic E-state index is 0.178. The van der Waals surface area contributed by atoms with Crippen molar-refractivity contribution < 1.29 is 19.0 Å². The van der Waals surface area contributed by atoms with Crippen LogP contribution in [-0.2, 0) is 9.53 Å². The molecular formula is C25H21ClN2O5S. The van der Waals surface area contributed by atoms with E-state index in [1.54, 1.807) is 30.5 Å². The number of esters is 1. The lowest BCUT2D eigenvalue weighted by Gasteiger charge is -2.24. The van der Waals surface area contributed by atoms with Gasteiger partial charge in [-0.25, -0.2) is 9.79 Å². The molecule has 9 heteroatoms. The molecule has 0 bridgehead atoms. The Hall–Kier alpha value is -3.36. The second-order valence-electron chi connectivity index (χ2n) is 7.92. The van der Waals surface area contributed by atoms with Crippen molar-refractivity contribution in [3.05, 3.63) is 89.1 Å². The highest BCUT2D eigenvalue weighted by molar-refractivity contribution is 7.07. The molecule has 0 fully saturated rings. The van der Waals surface area contributed by atoms with E-state index in [1.807, 2.05) is 37.3 Å². The molecule has 3 aromatic rings. The second-order valence-corrected chi connectivity index (χ2v) is 9.36. The first-order valence-corrected chi connectivity index (χ1v) is 11.9. The topological polar surface area (TPSA) is 79.1 Å². The van der Waals surface area contributed by atoms with E-state index in [2.05, 4.69) is 4.99 Å². The van der Waals surface area contributed by atoms with Crippen LogP contribution < -0.4 is 24.4 Å². The van der Waals surface area contributed by atoms with Gasteiger partial charge in [-0.15, -0.1) is 0 Å². The number of allylic oxidation sites excluding steroid dienone is 1. The van der Waals surface area contributed by atoms with Crippen LogP contribution in [0.5, 0.6) is 11.5 Å². The molecule has 3 heterocycles. The predicted molar refractivity (Wildman–Crippen MR) is 129 cm³/mol. The van der Waals surface area contributed by atoms with Crippen molar-refractivity contribution in [1.29, 1.82) is 0 Å². The molecule has 0 amide bonds. The summed E-state index contributed by atoms with van der Waals surface area (Å²) in [6, 6.07) is 10.2. The van der Waals surface area contributed by atoms with E-state index in [9.17, 15) is 9.59 Å². The maximum Gasteiger partial charge on any atom is 0.338 e. The van der Waals surface area contributed by atoms with Gasteiger partial charge in [0.25, 0.3) is 5.56 Å². The number of aryl methyl sites for hydroxylation is 1. The molecule has 0 N–H and O–H groups in total. The van der Waals surface area contributed by atoms with E-state index < -0.39 is 12.0 Å². The SMILES string of the molecule is CCOC(=O)C1=C(C)N=c2sc(=Cc3cc4c(cc3C)OCO4)c(=O)n2[C@@H]1c1ccc(Cl)cc1. The van der Waals surface area contributed by atoms with Gasteiger partial charge in [-0.2, -0.15) is 0 Å². The molecule has 1 atom stereocenters. The zero-order valence-corrected chi connectivity index (χ0v) is 20.3. The number of thiazole rings is 1. The fraction of sp³-hybridized carbons (Fsp3) is 0.240. The van der Waals surface area contributed by atoms with Crippen LogP contribution in [0.25, 0.3) is 6.08 Å². The average Bonchev–Trinajstić information content (AvgIpc) is 3.37. The molecule has 0 radical (unpaired) electrons. The molecule has 7 nitrogen and oxygen atoms in total. The first-order valence-electron chi connectivity index (χ1n) is 10.7. The fourth-order valence-corrected chi connectivity index (χ4v) is 5.27. The third-order valence-electron chi connectivity index (χ3n) is 5.75. The van der Waals surface area contributed by atoms with Crippen LogP contribution in [0.4, 0.5) is 0 Å². The third kappa shape index (κ3) is 3.82. The number of hydrogen-bond donors (Lipinski definition) is 0. The Morgan fingerprint density at radius 3 is 2.65 bits per heavy atom. The molecule has 0 saturated heterocycles. The van der Waals surface area contributed by atoms with Crippen molar-refractivity contribution in [2.45, 2.75) is 26.8 Å². The van der Waals surface area contributed by atoms with Crippen LogP contribution in [-0.4, -0.2) is 23.9 Å². The summed E-state index contributed by atoms with van der Waals surface area (Å²) in [5, 5.41) is 0.563. The van der Waals surface area contributed by atoms with Crippen LogP contribution in [0.2, 0.25) is 5.02 Å². The average molecular weight is 497 g/mol. The molecule has 0 unspecified atom stereocenters. The Bertz CT molecular complexity index is 1520. The summed E-state index contributed by atoms with van der Waals surface area (Å²) in [5.74, 6) is 0.835. The lowest BCUT2D eigenvalue weighted by atomic mass is 9.96. The standard InChI is InChI=1S/C25H21ClN2O5S/c1-4-31-24(30)21-14(3)27-25-28(22(21)15-5-7-17(26)8-6-15)23(29)20(34-25)11-16-10-19-18(9-13(16)2)32-12-33-19/h5-11,22H,4,12H2,1-3H3/t22-/m1/s1. The number of halogens is 1. The smallest absolute Gasteiger partial charge is 0.338 e. The lowest BCUT2D eigenvalue weighted by Crippen LogP contribution is -2.39. The quantitative estimate of drug-likeness (QED) is 0.517. The number of hydrogen-bond acceptors (Lipinski definition) is 7. The van der Waals surface area contributed by atoms with E-state index in [1.165, 1.54) is 11.3 Å². The zero-order chi connectivity index (χ0) is 24.0. The van der Waals surface area contributed by atoms with E-state index in [0.29, 0.717) is 37.1 Å². The first kappa shape index (κ1) is 22.4. The van der Waals surface area contributed by atoms with E-state index in [4.69, 9.17) is 25.8 Å². The van der Waals surface area contributed by atoms with Crippen molar-refractivity contribution in [2.75, 3.05) is 13.4 Å². The first-order chi connectivity index (χ1) is 16.4. The summed E-state index contributed by atoms with van der Waals surface area (Å²) in [4.78, 5) is 31.7. The molecule has 34 heavy (non-hydrogen) atoms. The number of carbonyl (C=O) groups excluding carboxylic acids is 1. The summed E-state index contributed by atoms with van der Waals surface area (Å²) >= 11 is 7.37. The largest absolute Gasteiger partial charge is 0.463 e. The third-order valence-corrected chi connectivity index (χ3v) is 6.99. The fourth-order valence-electron chi connectivity index (χ4n) is 4.11. The Morgan fingerprint density at radius 2 is 1.94 bits per heavy atom. The summed E-state index contributed by atoms with van der Waals surface area (Å²) in [7, 11) is 0. The minimum Gasteiger partial charge on any atom is -0.463 e. The zero-order valence-electron chi connectivity index (χ0n) is 18.8. The van der Waals surface area contributed by atoms with Crippen LogP contribution in [0, 0.1) is 6.92 Å². The lowest BCUT2D eigenvalue weighted by molar-refractivity contribution is -0.139. The molecule has 1 aromatic heterocycles. The Balaban J connectivity index is 1.71. The Morgan fingerprint density at radius 1 is 1.24 bits per heavy atom. The molecule has 2 aromatic carbocycles. The summed E-state index contributed by atoms with van der Waals surface area (Å²) < 4.78 is 18.3. The summed E-state index contributed by atoms with van der Waals surface area (Å²) in [5.41, 5.74) is 3.16. The maximum atomic E-state index is 13.7. The highest BCUT2D eigenvalue weighted by Gasteiger charge is 2.33. The normalized spacial score (nSPS) is 16.9. The van der Waals surface area contributed by atoms with Crippen LogP contribution in [0.3, 0.4) is 0 Å². The molecule has 2 aliphatic rings.